The molecular weight excluding hydrogens is 532 g/mol. The molecule has 42 heavy (non-hydrogen) atoms. The number of phenols is 2. The minimum Gasteiger partial charge on any atom is -0.507 e. The molecule has 0 saturated carbocycles. The van der Waals surface area contributed by atoms with Crippen LogP contribution in [-0.2, 0) is 23.9 Å². The first kappa shape index (κ1) is 29.0. The molecule has 8 nitrogen and oxygen atoms in total. The van der Waals surface area contributed by atoms with Crippen LogP contribution >= 0.6 is 0 Å². The molecule has 0 aliphatic heterocycles. The van der Waals surface area contributed by atoms with Gasteiger partial charge >= 0.3 is 0 Å². The van der Waals surface area contributed by atoms with Crippen molar-refractivity contribution in [3.05, 3.63) is 111 Å². The third kappa shape index (κ3) is 4.65. The van der Waals surface area contributed by atoms with Gasteiger partial charge in [0.25, 0.3) is 22.2 Å². The normalized spacial score (nSPS) is 12.6. The zero-order valence-electron chi connectivity index (χ0n) is 25.3. The van der Waals surface area contributed by atoms with Gasteiger partial charge in [-0.15, -0.1) is 0 Å². The third-order valence-electron chi connectivity index (χ3n) is 8.08. The highest BCUT2D eigenvalue weighted by atomic mass is 16.3. The van der Waals surface area contributed by atoms with Crippen molar-refractivity contribution in [2.75, 3.05) is 0 Å². The molecule has 8 heteroatoms. The van der Waals surface area contributed by atoms with Gasteiger partial charge in [0.15, 0.2) is 0 Å². The van der Waals surface area contributed by atoms with Crippen molar-refractivity contribution in [2.45, 2.75) is 79.3 Å². The number of rotatable bonds is 4. The molecule has 0 radical (unpaired) electrons. The Morgan fingerprint density at radius 1 is 0.524 bits per heavy atom. The lowest BCUT2D eigenvalue weighted by Gasteiger charge is -2.22. The lowest BCUT2D eigenvalue weighted by atomic mass is 9.84. The van der Waals surface area contributed by atoms with E-state index in [0.29, 0.717) is 33.4 Å². The largest absolute Gasteiger partial charge is 0.507 e. The minimum atomic E-state index is -0.538. The van der Waals surface area contributed by atoms with E-state index in [-0.39, 0.29) is 57.0 Å². The van der Waals surface area contributed by atoms with E-state index in [1.54, 1.807) is 38.1 Å². The summed E-state index contributed by atoms with van der Waals surface area (Å²) in [5, 5.41) is 21.5. The van der Waals surface area contributed by atoms with Gasteiger partial charge in [-0.3, -0.25) is 28.3 Å². The summed E-state index contributed by atoms with van der Waals surface area (Å²) in [6.07, 6.45) is 0. The van der Waals surface area contributed by atoms with Gasteiger partial charge < -0.3 is 10.2 Å². The summed E-state index contributed by atoms with van der Waals surface area (Å²) in [5.41, 5.74) is 1.22. The van der Waals surface area contributed by atoms with Gasteiger partial charge in [0.05, 0.1) is 34.6 Å². The zero-order chi connectivity index (χ0) is 31.0. The van der Waals surface area contributed by atoms with Crippen LogP contribution in [0.4, 0.5) is 0 Å². The molecule has 0 unspecified atom stereocenters. The van der Waals surface area contributed by atoms with Crippen LogP contribution < -0.4 is 22.2 Å². The van der Waals surface area contributed by atoms with Gasteiger partial charge in [-0.1, -0.05) is 53.7 Å². The molecule has 2 aromatic heterocycles. The molecule has 2 heterocycles. The first-order valence-corrected chi connectivity index (χ1v) is 14.0. The molecule has 5 rings (SSSR count). The monoisotopic (exact) mass is 568 g/mol. The highest BCUT2D eigenvalue weighted by molar-refractivity contribution is 5.97. The predicted octanol–water partition coefficient (Wildman–Crippen LogP) is 4.63. The summed E-state index contributed by atoms with van der Waals surface area (Å²) in [6, 6.07) is 9.80. The van der Waals surface area contributed by atoms with E-state index in [1.165, 1.54) is 12.1 Å². The van der Waals surface area contributed by atoms with Gasteiger partial charge in [0, 0.05) is 0 Å². The standard InChI is InChI=1S/C34H36N2O6/c1-17-9-19(11-25(27(17)37)33(3,4)5)15-35-29(39)21-13-23-24(14-22(21)30(35)40)32(42)36(31(23)41)16-20-10-18(2)28(38)26(12-20)34(6,7)8/h9-14,37-38H,15-16H2,1-8H3. The number of aryl methyl sites for hydroxylation is 2. The van der Waals surface area contributed by atoms with Crippen LogP contribution in [0.25, 0.3) is 21.5 Å². The number of nitrogens with zero attached hydrogens (tertiary/aromatic N) is 2. The van der Waals surface area contributed by atoms with Crippen molar-refractivity contribution in [2.24, 2.45) is 0 Å². The zero-order valence-corrected chi connectivity index (χ0v) is 25.3. The highest BCUT2D eigenvalue weighted by Crippen LogP contribution is 2.35. The van der Waals surface area contributed by atoms with Crippen molar-refractivity contribution >= 4 is 21.5 Å². The van der Waals surface area contributed by atoms with Crippen molar-refractivity contribution in [1.82, 2.24) is 9.13 Å². The molecule has 0 spiro atoms. The molecule has 0 aliphatic rings. The summed E-state index contributed by atoms with van der Waals surface area (Å²) in [4.78, 5) is 53.7. The summed E-state index contributed by atoms with van der Waals surface area (Å²) >= 11 is 0. The molecule has 5 aromatic rings. The lowest BCUT2D eigenvalue weighted by Crippen LogP contribution is -2.27. The van der Waals surface area contributed by atoms with E-state index < -0.39 is 22.2 Å². The summed E-state index contributed by atoms with van der Waals surface area (Å²) in [6.45, 7) is 15.3. The number of phenolic OH excluding ortho intramolecular Hbond substituents is 2. The van der Waals surface area contributed by atoms with E-state index in [0.717, 1.165) is 9.13 Å². The van der Waals surface area contributed by atoms with Crippen LogP contribution in [-0.4, -0.2) is 19.3 Å². The average molecular weight is 569 g/mol. The van der Waals surface area contributed by atoms with Crippen LogP contribution in [0.5, 0.6) is 11.5 Å². The smallest absolute Gasteiger partial charge is 0.261 e. The number of benzene rings is 3. The molecule has 2 N–H and O–H groups in total. The number of aromatic hydroxyl groups is 2. The second kappa shape index (κ2) is 9.54. The van der Waals surface area contributed by atoms with Gasteiger partial charge in [0.1, 0.15) is 11.5 Å². The molecule has 0 fully saturated rings. The van der Waals surface area contributed by atoms with Crippen molar-refractivity contribution < 1.29 is 10.2 Å². The van der Waals surface area contributed by atoms with Gasteiger partial charge in [0.2, 0.25) is 0 Å². The fraction of sp³-hybridized carbons (Fsp3) is 0.353. The van der Waals surface area contributed by atoms with Crippen LogP contribution in [0.2, 0.25) is 0 Å². The Labute approximate surface area is 242 Å². The fourth-order valence-corrected chi connectivity index (χ4v) is 5.76. The SMILES string of the molecule is Cc1cc(Cn2c(=O)c3cc4c(=O)n(Cc5cc(C)c(O)c(C(C)(C)C)c5)c(=O)c4cc3c2=O)cc(C(C)(C)C)c1O. The molecule has 3 aromatic carbocycles. The lowest BCUT2D eigenvalue weighted by molar-refractivity contribution is 0.441. The van der Waals surface area contributed by atoms with E-state index in [4.69, 9.17) is 0 Å². The Morgan fingerprint density at radius 2 is 0.810 bits per heavy atom. The first-order chi connectivity index (χ1) is 19.4. The van der Waals surface area contributed by atoms with Gasteiger partial charge in [-0.05, 0) is 82.3 Å². The summed E-state index contributed by atoms with van der Waals surface area (Å²) in [5.74, 6) is 0.368. The molecule has 0 bridgehead atoms. The topological polar surface area (TPSA) is 119 Å². The maximum atomic E-state index is 13.4. The van der Waals surface area contributed by atoms with Gasteiger partial charge in [-0.2, -0.15) is 0 Å². The van der Waals surface area contributed by atoms with Crippen molar-refractivity contribution in [3.63, 3.8) is 0 Å². The molecule has 0 amide bonds. The number of hydrogen-bond donors (Lipinski definition) is 2. The fourth-order valence-electron chi connectivity index (χ4n) is 5.76. The van der Waals surface area contributed by atoms with Crippen molar-refractivity contribution in [3.8, 4) is 11.5 Å². The Hall–Kier alpha value is -4.46. The van der Waals surface area contributed by atoms with E-state index >= 15 is 0 Å². The number of hydrogen-bond acceptors (Lipinski definition) is 6. The second-order valence-electron chi connectivity index (χ2n) is 13.5. The first-order valence-electron chi connectivity index (χ1n) is 14.0. The Bertz CT molecular complexity index is 1900. The quantitative estimate of drug-likeness (QED) is 0.326. The van der Waals surface area contributed by atoms with Crippen LogP contribution in [0.15, 0.2) is 55.6 Å². The summed E-state index contributed by atoms with van der Waals surface area (Å²) < 4.78 is 2.22. The molecule has 0 saturated heterocycles. The van der Waals surface area contributed by atoms with Crippen LogP contribution in [0.3, 0.4) is 0 Å². The summed E-state index contributed by atoms with van der Waals surface area (Å²) in [7, 11) is 0. The van der Waals surface area contributed by atoms with Gasteiger partial charge in [-0.25, -0.2) is 0 Å². The second-order valence-corrected chi connectivity index (χ2v) is 13.5. The van der Waals surface area contributed by atoms with E-state index in [9.17, 15) is 29.4 Å². The third-order valence-corrected chi connectivity index (χ3v) is 8.08. The minimum absolute atomic E-state index is 0.00839. The predicted molar refractivity (Wildman–Crippen MR) is 166 cm³/mol. The molecule has 218 valence electrons. The van der Waals surface area contributed by atoms with Crippen LogP contribution in [0.1, 0.15) is 74.9 Å². The Morgan fingerprint density at radius 3 is 1.07 bits per heavy atom. The maximum Gasteiger partial charge on any atom is 0.261 e. The number of aromatic nitrogens is 2. The molecular formula is C34H36N2O6. The number of fused-ring (bicyclic) bond motifs is 2. The van der Waals surface area contributed by atoms with E-state index in [1.807, 2.05) is 41.5 Å². The highest BCUT2D eigenvalue weighted by Gasteiger charge is 2.24. The van der Waals surface area contributed by atoms with Crippen LogP contribution in [0, 0.1) is 13.8 Å². The van der Waals surface area contributed by atoms with Crippen molar-refractivity contribution in [1.29, 1.82) is 0 Å². The maximum absolute atomic E-state index is 13.4. The average Bonchev–Trinajstić information content (AvgIpc) is 3.25. The van der Waals surface area contributed by atoms with E-state index in [2.05, 4.69) is 0 Å². The molecule has 0 atom stereocenters. The Kier molecular flexibility index (Phi) is 6.60. The molecule has 0 aliphatic carbocycles. The Balaban J connectivity index is 1.62.